The van der Waals surface area contributed by atoms with Crippen molar-refractivity contribution in [2.24, 2.45) is 0 Å². The van der Waals surface area contributed by atoms with E-state index in [9.17, 15) is 4.79 Å². The summed E-state index contributed by atoms with van der Waals surface area (Å²) >= 11 is 5.94. The minimum Gasteiger partial charge on any atom is -0.334 e. The fraction of sp³-hybridized carbons (Fsp3) is 0.0741. The Morgan fingerprint density at radius 2 is 1.57 bits per heavy atom. The number of nitrogens with one attached hydrogen (secondary N) is 2. The number of urea groups is 1. The van der Waals surface area contributed by atoms with Crippen LogP contribution in [0.25, 0.3) is 16.9 Å². The van der Waals surface area contributed by atoms with Crippen molar-refractivity contribution in [3.8, 4) is 16.9 Å². The SMILES string of the molecule is O=C(NCc1cn(-c2ccccc2)nc1-c1ccccc1)Nc1ccn(Cc2ccc(Cl)cc2)n1. The van der Waals surface area contributed by atoms with Crippen LogP contribution in [0.1, 0.15) is 11.1 Å². The molecule has 7 nitrogen and oxygen atoms in total. The van der Waals surface area contributed by atoms with Gasteiger partial charge in [0, 0.05) is 41.2 Å². The highest BCUT2D eigenvalue weighted by atomic mass is 35.5. The van der Waals surface area contributed by atoms with E-state index in [-0.39, 0.29) is 6.03 Å². The Labute approximate surface area is 208 Å². The molecular weight excluding hydrogens is 460 g/mol. The number of hydrogen-bond donors (Lipinski definition) is 2. The van der Waals surface area contributed by atoms with Crippen molar-refractivity contribution in [1.82, 2.24) is 24.9 Å². The summed E-state index contributed by atoms with van der Waals surface area (Å²) in [5.41, 5.74) is 4.73. The zero-order valence-electron chi connectivity index (χ0n) is 18.8. The van der Waals surface area contributed by atoms with Crippen LogP contribution in [0.4, 0.5) is 10.6 Å². The number of carbonyl (C=O) groups excluding carboxylic acids is 1. The second-order valence-electron chi connectivity index (χ2n) is 7.98. The van der Waals surface area contributed by atoms with Crippen LogP contribution in [-0.4, -0.2) is 25.6 Å². The van der Waals surface area contributed by atoms with E-state index in [1.54, 1.807) is 10.7 Å². The molecule has 0 spiro atoms. The summed E-state index contributed by atoms with van der Waals surface area (Å²) in [7, 11) is 0. The van der Waals surface area contributed by atoms with Crippen molar-refractivity contribution in [2.75, 3.05) is 5.32 Å². The Morgan fingerprint density at radius 1 is 0.857 bits per heavy atom. The lowest BCUT2D eigenvalue weighted by atomic mass is 10.1. The molecule has 3 aromatic carbocycles. The first-order valence-corrected chi connectivity index (χ1v) is 11.5. The molecule has 0 atom stereocenters. The molecule has 35 heavy (non-hydrogen) atoms. The maximum Gasteiger partial charge on any atom is 0.320 e. The van der Waals surface area contributed by atoms with Gasteiger partial charge in [-0.2, -0.15) is 10.2 Å². The Morgan fingerprint density at radius 3 is 2.31 bits per heavy atom. The number of carbonyl (C=O) groups is 1. The molecule has 0 saturated heterocycles. The first-order valence-electron chi connectivity index (χ1n) is 11.2. The maximum atomic E-state index is 12.6. The van der Waals surface area contributed by atoms with E-state index in [1.165, 1.54) is 0 Å². The van der Waals surface area contributed by atoms with Gasteiger partial charge in [0.25, 0.3) is 0 Å². The van der Waals surface area contributed by atoms with Crippen LogP contribution in [0, 0.1) is 0 Å². The Kier molecular flexibility index (Phi) is 6.59. The number of rotatable bonds is 7. The summed E-state index contributed by atoms with van der Waals surface area (Å²) in [6.07, 6.45) is 3.76. The fourth-order valence-corrected chi connectivity index (χ4v) is 3.85. The summed E-state index contributed by atoms with van der Waals surface area (Å²) in [5, 5.41) is 15.6. The van der Waals surface area contributed by atoms with Gasteiger partial charge in [-0.3, -0.25) is 10.00 Å². The van der Waals surface area contributed by atoms with Gasteiger partial charge in [-0.25, -0.2) is 9.48 Å². The average molecular weight is 483 g/mol. The zero-order valence-corrected chi connectivity index (χ0v) is 19.6. The molecule has 0 bridgehead atoms. The van der Waals surface area contributed by atoms with Gasteiger partial charge in [-0.15, -0.1) is 0 Å². The van der Waals surface area contributed by atoms with Gasteiger partial charge in [0.05, 0.1) is 17.9 Å². The lowest BCUT2D eigenvalue weighted by Crippen LogP contribution is -2.28. The minimum atomic E-state index is -0.340. The van der Waals surface area contributed by atoms with Gasteiger partial charge in [0.2, 0.25) is 0 Å². The van der Waals surface area contributed by atoms with E-state index in [0.29, 0.717) is 23.9 Å². The third-order valence-corrected chi connectivity index (χ3v) is 5.69. The highest BCUT2D eigenvalue weighted by Gasteiger charge is 2.14. The van der Waals surface area contributed by atoms with E-state index in [2.05, 4.69) is 15.7 Å². The van der Waals surface area contributed by atoms with Crippen LogP contribution in [-0.2, 0) is 13.1 Å². The van der Waals surface area contributed by atoms with Gasteiger partial charge >= 0.3 is 6.03 Å². The number of aromatic nitrogens is 4. The predicted molar refractivity (Wildman–Crippen MR) is 138 cm³/mol. The second-order valence-corrected chi connectivity index (χ2v) is 8.42. The summed E-state index contributed by atoms with van der Waals surface area (Å²) in [6.45, 7) is 0.897. The van der Waals surface area contributed by atoms with Crippen LogP contribution in [0.5, 0.6) is 0 Å². The topological polar surface area (TPSA) is 76.8 Å². The highest BCUT2D eigenvalue weighted by Crippen LogP contribution is 2.23. The van der Waals surface area contributed by atoms with E-state index >= 15 is 0 Å². The van der Waals surface area contributed by atoms with Crippen molar-refractivity contribution in [3.63, 3.8) is 0 Å². The Hall–Kier alpha value is -4.36. The molecule has 2 aromatic heterocycles. The van der Waals surface area contributed by atoms with E-state index in [1.807, 2.05) is 102 Å². The number of para-hydroxylation sites is 1. The van der Waals surface area contributed by atoms with Gasteiger partial charge in [-0.05, 0) is 29.8 Å². The minimum absolute atomic E-state index is 0.314. The molecule has 5 aromatic rings. The van der Waals surface area contributed by atoms with Crippen LogP contribution in [0.2, 0.25) is 5.02 Å². The molecule has 0 aliphatic carbocycles. The van der Waals surface area contributed by atoms with Crippen LogP contribution in [0.3, 0.4) is 0 Å². The smallest absolute Gasteiger partial charge is 0.320 e. The molecule has 0 saturated carbocycles. The van der Waals surface area contributed by atoms with Crippen LogP contribution in [0.15, 0.2) is 103 Å². The summed E-state index contributed by atoms with van der Waals surface area (Å²) in [6, 6.07) is 28.8. The molecule has 0 aliphatic heterocycles. The number of hydrogen-bond acceptors (Lipinski definition) is 3. The standard InChI is InChI=1S/C27H23ClN6O/c28-23-13-11-20(12-14-23)18-33-16-15-25(31-33)30-27(35)29-17-22-19-34(24-9-5-2-6-10-24)32-26(22)21-7-3-1-4-8-21/h1-16,19H,17-18H2,(H2,29,30,31,35). The number of nitrogens with zero attached hydrogens (tertiary/aromatic N) is 4. The fourth-order valence-electron chi connectivity index (χ4n) is 3.72. The second kappa shape index (κ2) is 10.3. The first-order chi connectivity index (χ1) is 17.1. The molecular formula is C27H23ClN6O. The van der Waals surface area contributed by atoms with Gasteiger partial charge in [0.1, 0.15) is 0 Å². The van der Waals surface area contributed by atoms with Crippen molar-refractivity contribution < 1.29 is 4.79 Å². The lowest BCUT2D eigenvalue weighted by Gasteiger charge is -2.06. The quantitative estimate of drug-likeness (QED) is 0.309. The third kappa shape index (κ3) is 5.59. The van der Waals surface area contributed by atoms with Crippen molar-refractivity contribution in [3.05, 3.63) is 120 Å². The molecule has 8 heteroatoms. The monoisotopic (exact) mass is 482 g/mol. The largest absolute Gasteiger partial charge is 0.334 e. The number of benzene rings is 3. The molecule has 0 aliphatic rings. The number of anilines is 1. The Balaban J connectivity index is 1.26. The van der Waals surface area contributed by atoms with E-state index in [4.69, 9.17) is 16.7 Å². The van der Waals surface area contributed by atoms with E-state index in [0.717, 1.165) is 28.1 Å². The molecule has 0 unspecified atom stereocenters. The van der Waals surface area contributed by atoms with Crippen molar-refractivity contribution in [1.29, 1.82) is 0 Å². The van der Waals surface area contributed by atoms with Crippen LogP contribution < -0.4 is 10.6 Å². The van der Waals surface area contributed by atoms with Gasteiger partial charge in [-0.1, -0.05) is 72.3 Å². The zero-order chi connectivity index (χ0) is 24.0. The van der Waals surface area contributed by atoms with Gasteiger partial charge < -0.3 is 5.32 Å². The highest BCUT2D eigenvalue weighted by molar-refractivity contribution is 6.30. The Bertz CT molecular complexity index is 1410. The van der Waals surface area contributed by atoms with Gasteiger partial charge in [0.15, 0.2) is 5.82 Å². The van der Waals surface area contributed by atoms with Crippen molar-refractivity contribution >= 4 is 23.4 Å². The number of halogens is 1. The predicted octanol–water partition coefficient (Wildman–Crippen LogP) is 5.76. The maximum absolute atomic E-state index is 12.6. The lowest BCUT2D eigenvalue weighted by molar-refractivity contribution is 0.251. The molecule has 2 heterocycles. The van der Waals surface area contributed by atoms with E-state index < -0.39 is 0 Å². The summed E-state index contributed by atoms with van der Waals surface area (Å²) in [4.78, 5) is 12.6. The average Bonchev–Trinajstić information content (AvgIpc) is 3.52. The summed E-state index contributed by atoms with van der Waals surface area (Å²) < 4.78 is 3.59. The normalized spacial score (nSPS) is 10.8. The molecule has 174 valence electrons. The molecule has 0 fully saturated rings. The van der Waals surface area contributed by atoms with Crippen LogP contribution >= 0.6 is 11.6 Å². The van der Waals surface area contributed by atoms with Crippen molar-refractivity contribution in [2.45, 2.75) is 13.1 Å². The molecule has 2 amide bonds. The summed E-state index contributed by atoms with van der Waals surface area (Å²) in [5.74, 6) is 0.472. The third-order valence-electron chi connectivity index (χ3n) is 5.44. The molecule has 5 rings (SSSR count). The number of amides is 2. The first kappa shape index (κ1) is 22.4. The molecule has 2 N–H and O–H groups in total. The molecule has 0 radical (unpaired) electrons.